The normalized spacial score (nSPS) is 24.5. The summed E-state index contributed by atoms with van der Waals surface area (Å²) < 4.78 is 11.1. The van der Waals surface area contributed by atoms with Crippen molar-refractivity contribution in [3.8, 4) is 5.75 Å². The SMILES string of the molecule is COCCN1CCN(C(=O)[C@@H]2CC(=O)N(C)[C@@H](CC(C)C)C(=O)N[C@H](C(C)C)C(=O)N[C@@H](C)COc3ccccc3C(=O)N2)CC1. The fourth-order valence-corrected chi connectivity index (χ4v) is 5.60. The van der Waals surface area contributed by atoms with Crippen LogP contribution in [0.2, 0.25) is 0 Å². The van der Waals surface area contributed by atoms with Crippen molar-refractivity contribution in [3.05, 3.63) is 29.8 Å². The quantitative estimate of drug-likeness (QED) is 0.396. The van der Waals surface area contributed by atoms with Crippen molar-refractivity contribution >= 4 is 29.5 Å². The lowest BCUT2D eigenvalue weighted by atomic mass is 9.98. The molecule has 46 heavy (non-hydrogen) atoms. The number of methoxy groups -OCH3 is 1. The lowest BCUT2D eigenvalue weighted by molar-refractivity contribution is -0.144. The molecule has 2 aliphatic rings. The molecule has 13 nitrogen and oxygen atoms in total. The minimum atomic E-state index is -1.18. The maximum Gasteiger partial charge on any atom is 0.255 e. The first-order valence-corrected chi connectivity index (χ1v) is 16.2. The molecule has 3 N–H and O–H groups in total. The number of rotatable bonds is 7. The highest BCUT2D eigenvalue weighted by atomic mass is 16.5. The van der Waals surface area contributed by atoms with E-state index in [0.717, 1.165) is 6.54 Å². The summed E-state index contributed by atoms with van der Waals surface area (Å²) in [5, 5.41) is 8.57. The summed E-state index contributed by atoms with van der Waals surface area (Å²) in [5.41, 5.74) is 0.197. The Morgan fingerprint density at radius 2 is 1.65 bits per heavy atom. The second kappa shape index (κ2) is 17.3. The van der Waals surface area contributed by atoms with Crippen molar-refractivity contribution in [1.82, 2.24) is 30.7 Å². The smallest absolute Gasteiger partial charge is 0.255 e. The number of fused-ring (bicyclic) bond motifs is 1. The van der Waals surface area contributed by atoms with Gasteiger partial charge < -0.3 is 35.2 Å². The Morgan fingerprint density at radius 3 is 2.28 bits per heavy atom. The third-order valence-electron chi connectivity index (χ3n) is 8.39. The number of amides is 5. The molecular formula is C33H52N6O7. The largest absolute Gasteiger partial charge is 0.491 e. The van der Waals surface area contributed by atoms with Crippen LogP contribution in [0.1, 0.15) is 57.8 Å². The van der Waals surface area contributed by atoms with Crippen LogP contribution in [0.3, 0.4) is 0 Å². The van der Waals surface area contributed by atoms with Gasteiger partial charge in [0, 0.05) is 46.9 Å². The fourth-order valence-electron chi connectivity index (χ4n) is 5.60. The topological polar surface area (TPSA) is 150 Å². The molecule has 0 spiro atoms. The van der Waals surface area contributed by atoms with E-state index in [0.29, 0.717) is 39.2 Å². The molecule has 2 aliphatic heterocycles. The number of ether oxygens (including phenoxy) is 2. The van der Waals surface area contributed by atoms with Crippen LogP contribution in [0.4, 0.5) is 0 Å². The molecule has 5 amide bonds. The van der Waals surface area contributed by atoms with Gasteiger partial charge in [-0.05, 0) is 37.3 Å². The highest BCUT2D eigenvalue weighted by Crippen LogP contribution is 2.20. The number of carbonyl (C=O) groups is 5. The van der Waals surface area contributed by atoms with Crippen molar-refractivity contribution in [2.75, 3.05) is 60.1 Å². The van der Waals surface area contributed by atoms with Crippen LogP contribution < -0.4 is 20.7 Å². The molecule has 13 heteroatoms. The first-order valence-electron chi connectivity index (χ1n) is 16.2. The Kier molecular flexibility index (Phi) is 13.8. The van der Waals surface area contributed by atoms with Gasteiger partial charge in [0.2, 0.25) is 23.6 Å². The summed E-state index contributed by atoms with van der Waals surface area (Å²) in [6.45, 7) is 12.9. The molecule has 4 atom stereocenters. The van der Waals surface area contributed by atoms with Crippen molar-refractivity contribution in [1.29, 1.82) is 0 Å². The first kappa shape index (κ1) is 36.8. The third-order valence-corrected chi connectivity index (χ3v) is 8.39. The minimum absolute atomic E-state index is 0.0478. The second-order valence-corrected chi connectivity index (χ2v) is 13.0. The predicted octanol–water partition coefficient (Wildman–Crippen LogP) is 0.877. The molecule has 0 radical (unpaired) electrons. The molecule has 3 rings (SSSR count). The monoisotopic (exact) mass is 644 g/mol. The zero-order valence-electron chi connectivity index (χ0n) is 28.3. The van der Waals surface area contributed by atoms with Gasteiger partial charge in [-0.25, -0.2) is 0 Å². The Bertz CT molecular complexity index is 1220. The van der Waals surface area contributed by atoms with Gasteiger partial charge in [0.05, 0.1) is 24.6 Å². The molecule has 1 aromatic rings. The van der Waals surface area contributed by atoms with Crippen LogP contribution in [0.5, 0.6) is 5.75 Å². The molecule has 0 unspecified atom stereocenters. The maximum atomic E-state index is 13.9. The number of piperazine rings is 1. The highest BCUT2D eigenvalue weighted by Gasteiger charge is 2.36. The van der Waals surface area contributed by atoms with Crippen LogP contribution >= 0.6 is 0 Å². The summed E-state index contributed by atoms with van der Waals surface area (Å²) >= 11 is 0. The zero-order valence-corrected chi connectivity index (χ0v) is 28.3. The van der Waals surface area contributed by atoms with Crippen molar-refractivity contribution in [2.24, 2.45) is 11.8 Å². The van der Waals surface area contributed by atoms with E-state index in [4.69, 9.17) is 9.47 Å². The van der Waals surface area contributed by atoms with Crippen LogP contribution in [-0.2, 0) is 23.9 Å². The van der Waals surface area contributed by atoms with Gasteiger partial charge in [-0.1, -0.05) is 39.8 Å². The van der Waals surface area contributed by atoms with Crippen LogP contribution in [0.25, 0.3) is 0 Å². The lowest BCUT2D eigenvalue weighted by Crippen LogP contribution is -2.58. The molecule has 0 aromatic heterocycles. The zero-order chi connectivity index (χ0) is 34.0. The lowest BCUT2D eigenvalue weighted by Gasteiger charge is -2.37. The van der Waals surface area contributed by atoms with Crippen LogP contribution in [0, 0.1) is 11.8 Å². The average Bonchev–Trinajstić information content (AvgIpc) is 3.02. The van der Waals surface area contributed by atoms with Crippen LogP contribution in [0.15, 0.2) is 24.3 Å². The summed E-state index contributed by atoms with van der Waals surface area (Å²) in [6.07, 6.45) is -0.00643. The van der Waals surface area contributed by atoms with Crippen molar-refractivity contribution < 1.29 is 33.4 Å². The molecule has 0 saturated carbocycles. The van der Waals surface area contributed by atoms with Gasteiger partial charge in [0.25, 0.3) is 5.91 Å². The van der Waals surface area contributed by atoms with E-state index >= 15 is 0 Å². The van der Waals surface area contributed by atoms with E-state index in [1.54, 1.807) is 43.2 Å². The number of nitrogens with one attached hydrogen (secondary N) is 3. The molecule has 2 heterocycles. The molecule has 256 valence electrons. The van der Waals surface area contributed by atoms with E-state index in [1.165, 1.54) is 11.9 Å². The number of benzene rings is 1. The fraction of sp³-hybridized carbons (Fsp3) is 0.667. The van der Waals surface area contributed by atoms with E-state index in [2.05, 4.69) is 20.9 Å². The van der Waals surface area contributed by atoms with E-state index in [1.807, 2.05) is 27.7 Å². The molecular weight excluding hydrogens is 592 g/mol. The van der Waals surface area contributed by atoms with Gasteiger partial charge in [0.15, 0.2) is 0 Å². The second-order valence-electron chi connectivity index (χ2n) is 13.0. The summed E-state index contributed by atoms with van der Waals surface area (Å²) in [4.78, 5) is 73.6. The minimum Gasteiger partial charge on any atom is -0.491 e. The third kappa shape index (κ3) is 10.1. The Labute approximate surface area is 272 Å². The Morgan fingerprint density at radius 1 is 0.978 bits per heavy atom. The maximum absolute atomic E-state index is 13.9. The van der Waals surface area contributed by atoms with Gasteiger partial charge in [-0.3, -0.25) is 28.9 Å². The predicted molar refractivity (Wildman–Crippen MR) is 173 cm³/mol. The Hall–Kier alpha value is -3.71. The van der Waals surface area contributed by atoms with Gasteiger partial charge in [-0.15, -0.1) is 0 Å². The van der Waals surface area contributed by atoms with Crippen molar-refractivity contribution in [2.45, 2.75) is 71.6 Å². The summed E-state index contributed by atoms with van der Waals surface area (Å²) in [5.74, 6) is -2.17. The molecule has 1 fully saturated rings. The van der Waals surface area contributed by atoms with E-state index in [-0.39, 0.29) is 48.0 Å². The molecule has 0 bridgehead atoms. The standard InChI is InChI=1S/C33H52N6O7/c1-21(2)18-26-31(42)36-29(22(3)4)32(43)34-23(5)20-46-27-11-9-8-10-24(27)30(41)35-25(19-28(40)37(26)6)33(44)39-14-12-38(13-15-39)16-17-45-7/h8-11,21-23,25-26,29H,12-20H2,1-7H3,(H,34,43)(H,35,41)(H,36,42)/t23-,25-,26-,29+/m0/s1. The molecule has 0 aliphatic carbocycles. The van der Waals surface area contributed by atoms with Gasteiger partial charge in [-0.2, -0.15) is 0 Å². The summed E-state index contributed by atoms with van der Waals surface area (Å²) in [7, 11) is 3.17. The number of nitrogens with zero attached hydrogens (tertiary/aromatic N) is 3. The summed E-state index contributed by atoms with van der Waals surface area (Å²) in [6, 6.07) is 3.26. The van der Waals surface area contributed by atoms with Crippen LogP contribution in [-0.4, -0.2) is 128 Å². The number of likely N-dealkylation sites (N-methyl/N-ethyl adjacent to an activating group) is 1. The van der Waals surface area contributed by atoms with E-state index < -0.39 is 41.9 Å². The molecule has 1 aromatic carbocycles. The van der Waals surface area contributed by atoms with Gasteiger partial charge >= 0.3 is 0 Å². The number of carbonyl (C=O) groups excluding carboxylic acids is 5. The van der Waals surface area contributed by atoms with Crippen molar-refractivity contribution in [3.63, 3.8) is 0 Å². The number of hydrogen-bond donors (Lipinski definition) is 3. The van der Waals surface area contributed by atoms with E-state index in [9.17, 15) is 24.0 Å². The average molecular weight is 645 g/mol. The highest BCUT2D eigenvalue weighted by molar-refractivity contribution is 6.01. The number of hydrogen-bond acceptors (Lipinski definition) is 8. The number of para-hydroxylation sites is 1. The van der Waals surface area contributed by atoms with Gasteiger partial charge in [0.1, 0.15) is 30.5 Å². The first-order chi connectivity index (χ1) is 21.8. The molecule has 1 saturated heterocycles. The Balaban J connectivity index is 1.97.